The van der Waals surface area contributed by atoms with Crippen LogP contribution in [0.3, 0.4) is 0 Å². The van der Waals surface area contributed by atoms with Gasteiger partial charge in [0.1, 0.15) is 5.82 Å². The maximum absolute atomic E-state index is 4.62. The van der Waals surface area contributed by atoms with Crippen molar-refractivity contribution in [1.29, 1.82) is 0 Å². The number of aromatic nitrogens is 5. The number of rotatable bonds is 5. The number of nitrogens with one attached hydrogen (secondary N) is 2. The fourth-order valence-corrected chi connectivity index (χ4v) is 3.90. The van der Waals surface area contributed by atoms with Crippen LogP contribution in [0.15, 0.2) is 30.2 Å². The minimum absolute atomic E-state index is 0.421. The zero-order chi connectivity index (χ0) is 17.1. The van der Waals surface area contributed by atoms with Crippen molar-refractivity contribution in [2.75, 3.05) is 18.4 Å². The van der Waals surface area contributed by atoms with Crippen LogP contribution in [0.2, 0.25) is 0 Å². The quantitative estimate of drug-likeness (QED) is 0.732. The number of anilines is 2. The second-order valence-corrected chi connectivity index (χ2v) is 7.15. The first-order valence-corrected chi connectivity index (χ1v) is 9.36. The fourth-order valence-electron chi connectivity index (χ4n) is 3.22. The number of hydrogen-bond acceptors (Lipinski definition) is 7. The third-order valence-electron chi connectivity index (χ3n) is 4.47. The highest BCUT2D eigenvalue weighted by molar-refractivity contribution is 7.13. The molecule has 1 saturated heterocycles. The Balaban J connectivity index is 1.42. The van der Waals surface area contributed by atoms with E-state index >= 15 is 0 Å². The Morgan fingerprint density at radius 2 is 2.04 bits per heavy atom. The number of aromatic amines is 1. The van der Waals surface area contributed by atoms with E-state index < -0.39 is 0 Å². The van der Waals surface area contributed by atoms with Crippen molar-refractivity contribution in [2.45, 2.75) is 32.2 Å². The van der Waals surface area contributed by atoms with Crippen molar-refractivity contribution in [1.82, 2.24) is 29.8 Å². The number of imidazole rings is 1. The molecule has 0 bridgehead atoms. The molecule has 25 heavy (non-hydrogen) atoms. The lowest BCUT2D eigenvalue weighted by Gasteiger charge is -2.31. The van der Waals surface area contributed by atoms with Gasteiger partial charge in [-0.3, -0.25) is 9.88 Å². The summed E-state index contributed by atoms with van der Waals surface area (Å²) >= 11 is 1.59. The first-order valence-electron chi connectivity index (χ1n) is 8.48. The molecule has 4 rings (SSSR count). The maximum Gasteiger partial charge on any atom is 0.188 e. The minimum atomic E-state index is 0.421. The van der Waals surface area contributed by atoms with Crippen LogP contribution < -0.4 is 5.32 Å². The Kier molecular flexibility index (Phi) is 4.71. The van der Waals surface area contributed by atoms with E-state index in [-0.39, 0.29) is 0 Å². The summed E-state index contributed by atoms with van der Waals surface area (Å²) in [5, 5.41) is 6.25. The van der Waals surface area contributed by atoms with E-state index in [1.165, 1.54) is 0 Å². The molecule has 0 unspecified atom stereocenters. The van der Waals surface area contributed by atoms with Crippen LogP contribution >= 0.6 is 11.3 Å². The molecule has 3 aromatic rings. The smallest absolute Gasteiger partial charge is 0.188 e. The highest BCUT2D eigenvalue weighted by atomic mass is 32.1. The van der Waals surface area contributed by atoms with Crippen LogP contribution in [0.1, 0.15) is 36.0 Å². The summed E-state index contributed by atoms with van der Waals surface area (Å²) in [5.41, 5.74) is 2.07. The van der Waals surface area contributed by atoms with Gasteiger partial charge >= 0.3 is 0 Å². The molecule has 4 heterocycles. The zero-order valence-electron chi connectivity index (χ0n) is 14.1. The van der Waals surface area contributed by atoms with E-state index in [9.17, 15) is 0 Å². The first-order chi connectivity index (χ1) is 12.3. The Morgan fingerprint density at radius 3 is 2.76 bits per heavy atom. The monoisotopic (exact) mass is 355 g/mol. The highest BCUT2D eigenvalue weighted by Gasteiger charge is 2.25. The van der Waals surface area contributed by atoms with Crippen molar-refractivity contribution in [3.8, 4) is 0 Å². The molecule has 3 aromatic heterocycles. The van der Waals surface area contributed by atoms with Crippen molar-refractivity contribution >= 4 is 22.3 Å². The molecule has 2 N–H and O–H groups in total. The molecule has 0 aromatic carbocycles. The van der Waals surface area contributed by atoms with Gasteiger partial charge in [-0.25, -0.2) is 15.0 Å². The summed E-state index contributed by atoms with van der Waals surface area (Å²) < 4.78 is 0. The lowest BCUT2D eigenvalue weighted by Crippen LogP contribution is -2.33. The molecule has 0 spiro atoms. The number of hydrogen-bond donors (Lipinski definition) is 2. The molecule has 0 amide bonds. The average Bonchev–Trinajstić information content (AvgIpc) is 3.28. The van der Waals surface area contributed by atoms with Gasteiger partial charge in [0.2, 0.25) is 0 Å². The number of aryl methyl sites for hydroxylation is 1. The largest absolute Gasteiger partial charge is 0.348 e. The molecular formula is C17H21N7S. The first kappa shape index (κ1) is 16.2. The maximum atomic E-state index is 4.62. The number of thiazole rings is 1. The zero-order valence-corrected chi connectivity index (χ0v) is 15.0. The van der Waals surface area contributed by atoms with Crippen molar-refractivity contribution in [2.24, 2.45) is 0 Å². The van der Waals surface area contributed by atoms with E-state index in [0.717, 1.165) is 60.6 Å². The van der Waals surface area contributed by atoms with Gasteiger partial charge in [-0.05, 0) is 32.9 Å². The van der Waals surface area contributed by atoms with Gasteiger partial charge in [0.05, 0.1) is 17.9 Å². The predicted octanol–water partition coefficient (Wildman–Crippen LogP) is 3.09. The van der Waals surface area contributed by atoms with Crippen molar-refractivity contribution < 1.29 is 0 Å². The van der Waals surface area contributed by atoms with Crippen LogP contribution in [0.25, 0.3) is 0 Å². The number of likely N-dealkylation sites (tertiary alicyclic amines) is 1. The molecule has 130 valence electrons. The van der Waals surface area contributed by atoms with Crippen LogP contribution in [0.5, 0.6) is 0 Å². The van der Waals surface area contributed by atoms with Crippen LogP contribution in [-0.2, 0) is 6.54 Å². The molecule has 0 aliphatic carbocycles. The summed E-state index contributed by atoms with van der Waals surface area (Å²) in [6.07, 6.45) is 9.34. The standard InChI is InChI=1S/C17H21N7S/c1-12-11-25-17(22-12)23-16-15(20-6-7-21-16)13-2-8-24(9-3-13)10-14-18-4-5-19-14/h4-7,11,13H,2-3,8-10H2,1H3,(H,18,19)(H,21,22,23). The van der Waals surface area contributed by atoms with Gasteiger partial charge in [0, 0.05) is 36.1 Å². The fraction of sp³-hybridized carbons (Fsp3) is 0.412. The molecular weight excluding hydrogens is 334 g/mol. The molecule has 0 radical (unpaired) electrons. The Morgan fingerprint density at radius 1 is 1.20 bits per heavy atom. The molecule has 1 aliphatic rings. The van der Waals surface area contributed by atoms with Gasteiger partial charge in [0.25, 0.3) is 0 Å². The van der Waals surface area contributed by atoms with Crippen molar-refractivity contribution in [3.63, 3.8) is 0 Å². The topological polar surface area (TPSA) is 82.6 Å². The molecule has 8 heteroatoms. The summed E-state index contributed by atoms with van der Waals surface area (Å²) in [5.74, 6) is 2.28. The third kappa shape index (κ3) is 3.85. The average molecular weight is 355 g/mol. The van der Waals surface area contributed by atoms with Gasteiger partial charge in [-0.1, -0.05) is 0 Å². The SMILES string of the molecule is Cc1csc(Nc2nccnc2C2CCN(Cc3ncc[nH]3)CC2)n1. The summed E-state index contributed by atoms with van der Waals surface area (Å²) in [4.78, 5) is 23.5. The van der Waals surface area contributed by atoms with E-state index in [1.807, 2.05) is 18.5 Å². The Hall–Kier alpha value is -2.32. The Bertz CT molecular complexity index is 806. The molecule has 1 fully saturated rings. The second kappa shape index (κ2) is 7.28. The number of H-pyrrole nitrogens is 1. The predicted molar refractivity (Wildman–Crippen MR) is 98.0 cm³/mol. The molecule has 7 nitrogen and oxygen atoms in total. The van der Waals surface area contributed by atoms with Crippen LogP contribution in [-0.4, -0.2) is 42.9 Å². The number of piperidine rings is 1. The van der Waals surface area contributed by atoms with E-state index in [2.05, 4.69) is 35.1 Å². The van der Waals surface area contributed by atoms with Gasteiger partial charge in [-0.15, -0.1) is 11.3 Å². The molecule has 0 atom stereocenters. The lowest BCUT2D eigenvalue weighted by molar-refractivity contribution is 0.199. The normalized spacial score (nSPS) is 16.2. The van der Waals surface area contributed by atoms with E-state index in [1.54, 1.807) is 29.9 Å². The van der Waals surface area contributed by atoms with Gasteiger partial charge in [0.15, 0.2) is 10.9 Å². The van der Waals surface area contributed by atoms with Crippen LogP contribution in [0, 0.1) is 6.92 Å². The van der Waals surface area contributed by atoms with Gasteiger partial charge < -0.3 is 10.3 Å². The summed E-state index contributed by atoms with van der Waals surface area (Å²) in [6, 6.07) is 0. The minimum Gasteiger partial charge on any atom is -0.348 e. The second-order valence-electron chi connectivity index (χ2n) is 6.30. The van der Waals surface area contributed by atoms with Gasteiger partial charge in [-0.2, -0.15) is 0 Å². The number of nitrogens with zero attached hydrogens (tertiary/aromatic N) is 5. The third-order valence-corrected chi connectivity index (χ3v) is 5.35. The molecule has 1 aliphatic heterocycles. The summed E-state index contributed by atoms with van der Waals surface area (Å²) in [6.45, 7) is 4.95. The lowest BCUT2D eigenvalue weighted by atomic mass is 9.93. The van der Waals surface area contributed by atoms with Crippen molar-refractivity contribution in [3.05, 3.63) is 47.4 Å². The van der Waals surface area contributed by atoms with E-state index in [0.29, 0.717) is 5.92 Å². The Labute approximate surface area is 150 Å². The van der Waals surface area contributed by atoms with E-state index in [4.69, 9.17) is 0 Å². The highest BCUT2D eigenvalue weighted by Crippen LogP contribution is 2.32. The molecule has 0 saturated carbocycles. The van der Waals surface area contributed by atoms with Crippen LogP contribution in [0.4, 0.5) is 10.9 Å². The summed E-state index contributed by atoms with van der Waals surface area (Å²) in [7, 11) is 0.